The maximum absolute atomic E-state index is 13.4. The third kappa shape index (κ3) is 2.46. The summed E-state index contributed by atoms with van der Waals surface area (Å²) < 4.78 is 13.4. The van der Waals surface area contributed by atoms with Crippen LogP contribution in [-0.2, 0) is 6.54 Å². The van der Waals surface area contributed by atoms with Gasteiger partial charge in [0.15, 0.2) is 0 Å². The van der Waals surface area contributed by atoms with E-state index in [0.29, 0.717) is 17.7 Å². The average molecular weight is 288 g/mol. The molecular formula is C14H13FN4S. The van der Waals surface area contributed by atoms with Crippen molar-refractivity contribution in [2.75, 3.05) is 5.32 Å². The number of anilines is 1. The van der Waals surface area contributed by atoms with Gasteiger partial charge in [0.1, 0.15) is 18.0 Å². The molecule has 0 fully saturated rings. The fourth-order valence-electron chi connectivity index (χ4n) is 2.07. The van der Waals surface area contributed by atoms with Crippen molar-refractivity contribution >= 4 is 28.1 Å². The van der Waals surface area contributed by atoms with Gasteiger partial charge in [0.05, 0.1) is 22.8 Å². The van der Waals surface area contributed by atoms with Crippen LogP contribution in [0.2, 0.25) is 0 Å². The molecule has 0 unspecified atom stereocenters. The predicted molar refractivity (Wildman–Crippen MR) is 78.4 cm³/mol. The summed E-state index contributed by atoms with van der Waals surface area (Å²) in [6.45, 7) is 4.59. The normalized spacial score (nSPS) is 10.9. The van der Waals surface area contributed by atoms with Gasteiger partial charge in [-0.2, -0.15) is 0 Å². The summed E-state index contributed by atoms with van der Waals surface area (Å²) in [7, 11) is 0. The first kappa shape index (κ1) is 12.9. The second kappa shape index (κ2) is 5.13. The number of aryl methyl sites for hydroxylation is 2. The molecule has 0 saturated carbocycles. The Hall–Kier alpha value is -2.08. The predicted octanol–water partition coefficient (Wildman–Crippen LogP) is 3.45. The van der Waals surface area contributed by atoms with Crippen molar-refractivity contribution in [2.45, 2.75) is 20.4 Å². The Bertz CT molecular complexity index is 769. The minimum absolute atomic E-state index is 0.295. The molecule has 3 rings (SSSR count). The molecule has 4 nitrogen and oxygen atoms in total. The van der Waals surface area contributed by atoms with Gasteiger partial charge in [-0.3, -0.25) is 0 Å². The zero-order valence-electron chi connectivity index (χ0n) is 11.1. The first-order chi connectivity index (χ1) is 9.63. The SMILES string of the molecule is Cc1nc(CNc2ncnc3ccc(F)cc23)c(C)s1. The summed E-state index contributed by atoms with van der Waals surface area (Å²) in [5.74, 6) is 0.329. The van der Waals surface area contributed by atoms with Crippen molar-refractivity contribution in [1.29, 1.82) is 0 Å². The summed E-state index contributed by atoms with van der Waals surface area (Å²) in [6.07, 6.45) is 1.47. The van der Waals surface area contributed by atoms with Gasteiger partial charge < -0.3 is 5.32 Å². The summed E-state index contributed by atoms with van der Waals surface area (Å²) in [4.78, 5) is 14.0. The molecule has 0 spiro atoms. The topological polar surface area (TPSA) is 50.7 Å². The van der Waals surface area contributed by atoms with Gasteiger partial charge in [-0.15, -0.1) is 11.3 Å². The standard InChI is InChI=1S/C14H13FN4S/c1-8-13(19-9(2)20-8)6-16-14-11-5-10(15)3-4-12(11)17-7-18-14/h3-5,7H,6H2,1-2H3,(H,16,17,18). The van der Waals surface area contributed by atoms with Crippen LogP contribution < -0.4 is 5.32 Å². The van der Waals surface area contributed by atoms with E-state index < -0.39 is 0 Å². The van der Waals surface area contributed by atoms with E-state index in [4.69, 9.17) is 0 Å². The molecule has 0 bridgehead atoms. The van der Waals surface area contributed by atoms with Crippen molar-refractivity contribution in [3.05, 3.63) is 45.9 Å². The third-order valence-corrected chi connectivity index (χ3v) is 3.95. The van der Waals surface area contributed by atoms with Crippen LogP contribution in [0.4, 0.5) is 10.2 Å². The first-order valence-corrected chi connectivity index (χ1v) is 7.02. The number of halogens is 1. The molecular weight excluding hydrogens is 275 g/mol. The minimum atomic E-state index is -0.295. The van der Waals surface area contributed by atoms with Crippen molar-refractivity contribution < 1.29 is 4.39 Å². The van der Waals surface area contributed by atoms with Gasteiger partial charge in [0, 0.05) is 10.3 Å². The third-order valence-electron chi connectivity index (χ3n) is 3.02. The number of thiazole rings is 1. The van der Waals surface area contributed by atoms with Gasteiger partial charge in [-0.05, 0) is 32.0 Å². The van der Waals surface area contributed by atoms with Crippen molar-refractivity contribution in [3.63, 3.8) is 0 Å². The molecule has 2 aromatic heterocycles. The molecule has 0 aliphatic heterocycles. The van der Waals surface area contributed by atoms with Gasteiger partial charge in [-0.25, -0.2) is 19.3 Å². The number of fused-ring (bicyclic) bond motifs is 1. The highest BCUT2D eigenvalue weighted by molar-refractivity contribution is 7.11. The molecule has 1 N–H and O–H groups in total. The Balaban J connectivity index is 1.91. The molecule has 20 heavy (non-hydrogen) atoms. The van der Waals surface area contributed by atoms with Crippen LogP contribution in [0.15, 0.2) is 24.5 Å². The van der Waals surface area contributed by atoms with Crippen LogP contribution in [0.5, 0.6) is 0 Å². The van der Waals surface area contributed by atoms with E-state index in [2.05, 4.69) is 20.3 Å². The van der Waals surface area contributed by atoms with Crippen LogP contribution >= 0.6 is 11.3 Å². The lowest BCUT2D eigenvalue weighted by Crippen LogP contribution is -2.04. The quantitative estimate of drug-likeness (QED) is 0.802. The Morgan fingerprint density at radius 3 is 2.85 bits per heavy atom. The van der Waals surface area contributed by atoms with E-state index in [0.717, 1.165) is 16.2 Å². The Kier molecular flexibility index (Phi) is 3.31. The zero-order chi connectivity index (χ0) is 14.1. The van der Waals surface area contributed by atoms with E-state index in [1.165, 1.54) is 23.3 Å². The van der Waals surface area contributed by atoms with Gasteiger partial charge >= 0.3 is 0 Å². The summed E-state index contributed by atoms with van der Waals surface area (Å²) in [5.41, 5.74) is 1.71. The second-order valence-corrected chi connectivity index (χ2v) is 5.88. The minimum Gasteiger partial charge on any atom is -0.364 e. The summed E-state index contributed by atoms with van der Waals surface area (Å²) >= 11 is 1.67. The molecule has 102 valence electrons. The number of hydrogen-bond donors (Lipinski definition) is 1. The number of benzene rings is 1. The summed E-state index contributed by atoms with van der Waals surface area (Å²) in [6, 6.07) is 4.49. The smallest absolute Gasteiger partial charge is 0.137 e. The second-order valence-electron chi connectivity index (χ2n) is 4.47. The molecule has 0 atom stereocenters. The Labute approximate surface area is 119 Å². The van der Waals surface area contributed by atoms with Crippen LogP contribution in [-0.4, -0.2) is 15.0 Å². The molecule has 6 heteroatoms. The van der Waals surface area contributed by atoms with Crippen LogP contribution in [0.25, 0.3) is 10.9 Å². The molecule has 0 amide bonds. The Morgan fingerprint density at radius 2 is 2.10 bits per heavy atom. The van der Waals surface area contributed by atoms with Crippen molar-refractivity contribution in [1.82, 2.24) is 15.0 Å². The lowest BCUT2D eigenvalue weighted by Gasteiger charge is -2.07. The number of hydrogen-bond acceptors (Lipinski definition) is 5. The molecule has 2 heterocycles. The van der Waals surface area contributed by atoms with Gasteiger partial charge in [-0.1, -0.05) is 0 Å². The fraction of sp³-hybridized carbons (Fsp3) is 0.214. The zero-order valence-corrected chi connectivity index (χ0v) is 12.0. The van der Waals surface area contributed by atoms with Crippen LogP contribution in [0.3, 0.4) is 0 Å². The fourth-order valence-corrected chi connectivity index (χ4v) is 2.91. The van der Waals surface area contributed by atoms with E-state index in [1.54, 1.807) is 17.4 Å². The highest BCUT2D eigenvalue weighted by Crippen LogP contribution is 2.22. The number of nitrogens with zero attached hydrogens (tertiary/aromatic N) is 3. The van der Waals surface area contributed by atoms with E-state index in [9.17, 15) is 4.39 Å². The maximum atomic E-state index is 13.4. The van der Waals surface area contributed by atoms with E-state index in [-0.39, 0.29) is 5.82 Å². The van der Waals surface area contributed by atoms with Crippen molar-refractivity contribution in [2.24, 2.45) is 0 Å². The molecule has 0 aliphatic rings. The van der Waals surface area contributed by atoms with Gasteiger partial charge in [0.2, 0.25) is 0 Å². The number of rotatable bonds is 3. The molecule has 1 aromatic carbocycles. The molecule has 3 aromatic rings. The largest absolute Gasteiger partial charge is 0.364 e. The monoisotopic (exact) mass is 288 g/mol. The van der Waals surface area contributed by atoms with E-state index in [1.807, 2.05) is 13.8 Å². The van der Waals surface area contributed by atoms with Gasteiger partial charge in [0.25, 0.3) is 0 Å². The van der Waals surface area contributed by atoms with Crippen molar-refractivity contribution in [3.8, 4) is 0 Å². The molecule has 0 radical (unpaired) electrons. The van der Waals surface area contributed by atoms with Crippen LogP contribution in [0.1, 0.15) is 15.6 Å². The lowest BCUT2D eigenvalue weighted by atomic mass is 10.2. The highest BCUT2D eigenvalue weighted by atomic mass is 32.1. The number of aromatic nitrogens is 3. The average Bonchev–Trinajstić information content (AvgIpc) is 2.74. The summed E-state index contributed by atoms with van der Waals surface area (Å²) in [5, 5.41) is 4.93. The number of nitrogens with one attached hydrogen (secondary N) is 1. The van der Waals surface area contributed by atoms with E-state index >= 15 is 0 Å². The highest BCUT2D eigenvalue weighted by Gasteiger charge is 2.08. The first-order valence-electron chi connectivity index (χ1n) is 6.20. The maximum Gasteiger partial charge on any atom is 0.137 e. The molecule has 0 saturated heterocycles. The molecule has 0 aliphatic carbocycles. The lowest BCUT2D eigenvalue weighted by molar-refractivity contribution is 0.629. The van der Waals surface area contributed by atoms with Crippen LogP contribution in [0, 0.1) is 19.7 Å². The Morgan fingerprint density at radius 1 is 1.25 bits per heavy atom.